The van der Waals surface area contributed by atoms with E-state index in [1.54, 1.807) is 12.4 Å². The first-order valence-electron chi connectivity index (χ1n) is 8.39. The molecule has 0 aromatic carbocycles. The molecule has 1 aliphatic heterocycles. The maximum absolute atomic E-state index is 9.02. The molecule has 0 amide bonds. The van der Waals surface area contributed by atoms with Gasteiger partial charge in [0.05, 0.1) is 6.04 Å². The molecule has 0 saturated heterocycles. The molecule has 25 heavy (non-hydrogen) atoms. The fourth-order valence-corrected chi connectivity index (χ4v) is 3.57. The number of nitrogens with zero attached hydrogens (tertiary/aromatic N) is 6. The van der Waals surface area contributed by atoms with Gasteiger partial charge in [0.25, 0.3) is 0 Å². The number of pyridine rings is 2. The predicted octanol–water partition coefficient (Wildman–Crippen LogP) is 3.44. The van der Waals surface area contributed by atoms with Crippen LogP contribution in [0.1, 0.15) is 28.4 Å². The minimum atomic E-state index is -0.286. The lowest BCUT2D eigenvalue weighted by Crippen LogP contribution is -2.25. The Hall–Kier alpha value is -2.89. The van der Waals surface area contributed by atoms with Crippen LogP contribution < -0.4 is 5.32 Å². The summed E-state index contributed by atoms with van der Waals surface area (Å²) in [5.74, 6) is 0. The molecule has 0 aliphatic carbocycles. The van der Waals surface area contributed by atoms with Gasteiger partial charge in [-0.25, -0.2) is 4.98 Å². The highest BCUT2D eigenvalue weighted by Crippen LogP contribution is 2.31. The summed E-state index contributed by atoms with van der Waals surface area (Å²) >= 11 is 0. The van der Waals surface area contributed by atoms with Gasteiger partial charge in [0.15, 0.2) is 0 Å². The van der Waals surface area contributed by atoms with E-state index >= 15 is 0 Å². The molecule has 3 aromatic rings. The van der Waals surface area contributed by atoms with Crippen LogP contribution in [0.2, 0.25) is 0 Å². The van der Waals surface area contributed by atoms with Crippen LogP contribution >= 0.6 is 0 Å². The van der Waals surface area contributed by atoms with Crippen LogP contribution in [0.5, 0.6) is 0 Å². The van der Waals surface area contributed by atoms with Crippen molar-refractivity contribution in [3.63, 3.8) is 0 Å². The first-order chi connectivity index (χ1) is 12.3. The Bertz CT molecular complexity index is 954. The van der Waals surface area contributed by atoms with Gasteiger partial charge in [0.1, 0.15) is 5.65 Å². The second-order valence-electron chi connectivity index (χ2n) is 6.35. The fraction of sp³-hybridized carbons (Fsp3) is 0.333. The average Bonchev–Trinajstić information content (AvgIpc) is 2.95. The highest BCUT2D eigenvalue weighted by atomic mass is 15.2. The standard InChI is InChI=1S/C18H19N7/c1-12-8-14-15-10-21-7-4-17(15)25(18(14)22-9-12)11-16(23-24-19)13-2-5-20-6-3-13/h2-3,5-6,8-9,16,21H,4,7,10-11H2,1H3. The topological polar surface area (TPSA) is 91.5 Å². The van der Waals surface area contributed by atoms with E-state index in [9.17, 15) is 0 Å². The van der Waals surface area contributed by atoms with Crippen molar-refractivity contribution in [2.24, 2.45) is 5.11 Å². The van der Waals surface area contributed by atoms with E-state index in [0.717, 1.165) is 36.3 Å². The molecule has 0 spiro atoms. The molecule has 1 atom stereocenters. The molecule has 7 heteroatoms. The summed E-state index contributed by atoms with van der Waals surface area (Å²) in [5.41, 5.74) is 14.7. The summed E-state index contributed by atoms with van der Waals surface area (Å²) in [6.07, 6.45) is 6.30. The molecule has 126 valence electrons. The van der Waals surface area contributed by atoms with Crippen LogP contribution in [0, 0.1) is 6.92 Å². The molecule has 0 bridgehead atoms. The number of rotatable bonds is 4. The molecule has 4 rings (SSSR count). The predicted molar refractivity (Wildman–Crippen MR) is 96.0 cm³/mol. The number of azide groups is 1. The van der Waals surface area contributed by atoms with Gasteiger partial charge in [-0.3, -0.25) is 4.98 Å². The van der Waals surface area contributed by atoms with Crippen molar-refractivity contribution < 1.29 is 0 Å². The summed E-state index contributed by atoms with van der Waals surface area (Å²) in [7, 11) is 0. The lowest BCUT2D eigenvalue weighted by atomic mass is 10.1. The maximum atomic E-state index is 9.02. The quantitative estimate of drug-likeness (QED) is 0.450. The van der Waals surface area contributed by atoms with E-state index in [1.165, 1.54) is 16.6 Å². The zero-order valence-electron chi connectivity index (χ0n) is 14.1. The van der Waals surface area contributed by atoms with Crippen LogP contribution in [-0.2, 0) is 19.5 Å². The van der Waals surface area contributed by atoms with Crippen molar-refractivity contribution in [3.05, 3.63) is 69.6 Å². The second kappa shape index (κ2) is 6.55. The van der Waals surface area contributed by atoms with Gasteiger partial charge < -0.3 is 9.88 Å². The number of hydrogen-bond donors (Lipinski definition) is 1. The molecule has 7 nitrogen and oxygen atoms in total. The lowest BCUT2D eigenvalue weighted by Gasteiger charge is -2.19. The zero-order valence-corrected chi connectivity index (χ0v) is 14.1. The van der Waals surface area contributed by atoms with E-state index in [-0.39, 0.29) is 6.04 Å². The van der Waals surface area contributed by atoms with E-state index in [0.29, 0.717) is 6.54 Å². The van der Waals surface area contributed by atoms with E-state index < -0.39 is 0 Å². The molecule has 1 N–H and O–H groups in total. The van der Waals surface area contributed by atoms with Crippen molar-refractivity contribution in [1.29, 1.82) is 0 Å². The van der Waals surface area contributed by atoms with E-state index in [1.807, 2.05) is 18.3 Å². The fourth-order valence-electron chi connectivity index (χ4n) is 3.57. The smallest absolute Gasteiger partial charge is 0.140 e. The Balaban J connectivity index is 1.84. The third-order valence-corrected chi connectivity index (χ3v) is 4.74. The Labute approximate surface area is 145 Å². The molecular formula is C18H19N7. The summed E-state index contributed by atoms with van der Waals surface area (Å²) in [6.45, 7) is 4.44. The third-order valence-electron chi connectivity index (χ3n) is 4.74. The maximum Gasteiger partial charge on any atom is 0.140 e. The monoisotopic (exact) mass is 333 g/mol. The average molecular weight is 333 g/mol. The van der Waals surface area contributed by atoms with Crippen molar-refractivity contribution >= 4 is 11.0 Å². The Morgan fingerprint density at radius 3 is 3.04 bits per heavy atom. The van der Waals surface area contributed by atoms with Gasteiger partial charge in [-0.1, -0.05) is 5.11 Å². The third kappa shape index (κ3) is 2.84. The number of fused-ring (bicyclic) bond motifs is 3. The number of aromatic nitrogens is 3. The first-order valence-corrected chi connectivity index (χ1v) is 8.39. The minimum absolute atomic E-state index is 0.286. The summed E-state index contributed by atoms with van der Waals surface area (Å²) in [4.78, 5) is 11.8. The van der Waals surface area contributed by atoms with Gasteiger partial charge in [0.2, 0.25) is 0 Å². The molecule has 1 unspecified atom stereocenters. The highest BCUT2D eigenvalue weighted by molar-refractivity contribution is 5.83. The molecule has 4 heterocycles. The van der Waals surface area contributed by atoms with Crippen LogP contribution in [0.15, 0.2) is 41.9 Å². The van der Waals surface area contributed by atoms with Crippen molar-refractivity contribution in [2.45, 2.75) is 32.5 Å². The van der Waals surface area contributed by atoms with Crippen LogP contribution in [0.4, 0.5) is 0 Å². The second-order valence-corrected chi connectivity index (χ2v) is 6.35. The first kappa shape index (κ1) is 15.6. The van der Waals surface area contributed by atoms with Gasteiger partial charge in [-0.05, 0) is 47.3 Å². The molecule has 0 fully saturated rings. The van der Waals surface area contributed by atoms with Crippen LogP contribution in [0.25, 0.3) is 21.5 Å². The van der Waals surface area contributed by atoms with Gasteiger partial charge in [-0.15, -0.1) is 0 Å². The SMILES string of the molecule is Cc1cnc2c(c1)c1c(n2CC(N=[N+]=[N-])c2ccncc2)CCNC1. The summed E-state index contributed by atoms with van der Waals surface area (Å²) in [6, 6.07) is 5.71. The van der Waals surface area contributed by atoms with Crippen LogP contribution in [0.3, 0.4) is 0 Å². The summed E-state index contributed by atoms with van der Waals surface area (Å²) < 4.78 is 2.23. The van der Waals surface area contributed by atoms with Gasteiger partial charge >= 0.3 is 0 Å². The van der Waals surface area contributed by atoms with Crippen molar-refractivity contribution in [2.75, 3.05) is 6.54 Å². The zero-order chi connectivity index (χ0) is 17.2. The van der Waals surface area contributed by atoms with Gasteiger partial charge in [-0.2, -0.15) is 0 Å². The number of aryl methyl sites for hydroxylation is 1. The molecule has 3 aromatic heterocycles. The number of nitrogens with one attached hydrogen (secondary N) is 1. The Morgan fingerprint density at radius 2 is 2.24 bits per heavy atom. The molecule has 0 radical (unpaired) electrons. The van der Waals surface area contributed by atoms with Gasteiger partial charge in [0, 0.05) is 60.6 Å². The Morgan fingerprint density at radius 1 is 1.40 bits per heavy atom. The van der Waals surface area contributed by atoms with E-state index in [2.05, 4.69) is 42.9 Å². The van der Waals surface area contributed by atoms with Crippen molar-refractivity contribution in [1.82, 2.24) is 19.9 Å². The lowest BCUT2D eigenvalue weighted by molar-refractivity contribution is 0.542. The molecule has 0 saturated carbocycles. The Kier molecular flexibility index (Phi) is 4.09. The minimum Gasteiger partial charge on any atom is -0.329 e. The largest absolute Gasteiger partial charge is 0.329 e. The van der Waals surface area contributed by atoms with E-state index in [4.69, 9.17) is 5.53 Å². The summed E-state index contributed by atoms with van der Waals surface area (Å²) in [5, 5.41) is 8.67. The van der Waals surface area contributed by atoms with Crippen LogP contribution in [-0.4, -0.2) is 21.1 Å². The highest BCUT2D eigenvalue weighted by Gasteiger charge is 2.23. The molecule has 1 aliphatic rings. The number of hydrogen-bond acceptors (Lipinski definition) is 4. The molecular weight excluding hydrogens is 314 g/mol. The van der Waals surface area contributed by atoms with Crippen molar-refractivity contribution in [3.8, 4) is 0 Å². The normalized spacial score (nSPS) is 14.8.